The third-order valence-corrected chi connectivity index (χ3v) is 6.60. The summed E-state index contributed by atoms with van der Waals surface area (Å²) in [4.78, 5) is 0. The van der Waals surface area contributed by atoms with Gasteiger partial charge < -0.3 is 6.15 Å². The van der Waals surface area contributed by atoms with Gasteiger partial charge in [-0.2, -0.15) is 8.42 Å². The summed E-state index contributed by atoms with van der Waals surface area (Å²) in [6.07, 6.45) is 16.7. The van der Waals surface area contributed by atoms with Gasteiger partial charge in [0.1, 0.15) is 0 Å². The first-order chi connectivity index (χ1) is 12.4. The van der Waals surface area contributed by atoms with Crippen molar-refractivity contribution in [1.29, 1.82) is 0 Å². The van der Waals surface area contributed by atoms with E-state index in [4.69, 9.17) is 0 Å². The largest absolute Gasteiger partial charge is 0.344 e. The molecule has 27 heavy (non-hydrogen) atoms. The Morgan fingerprint density at radius 1 is 0.630 bits per heavy atom. The second-order valence-corrected chi connectivity index (χ2v) is 9.49. The van der Waals surface area contributed by atoms with Crippen LogP contribution in [0.5, 0.6) is 0 Å². The van der Waals surface area contributed by atoms with Gasteiger partial charge in [0, 0.05) is 0 Å². The molecular formula is C21H46FNO3S. The van der Waals surface area contributed by atoms with E-state index in [0.29, 0.717) is 12.8 Å². The first-order valence-corrected chi connectivity index (χ1v) is 12.5. The fourth-order valence-corrected chi connectivity index (χ4v) is 4.23. The Hall–Kier alpha value is -0.200. The Kier molecular flexibility index (Phi) is 19.2. The standard InChI is InChI=1S/C21H43FO3S.H3N/c1-3-5-7-9-11-12-14-16-18-20-21(22,26(23,24)25)19-17-15-13-10-8-6-4-2;/h3-20H2,1-2H3,(H,23,24,25);1H3. The van der Waals surface area contributed by atoms with Crippen LogP contribution in [0.3, 0.4) is 0 Å². The summed E-state index contributed by atoms with van der Waals surface area (Å²) in [6, 6.07) is 0. The Bertz CT molecular complexity index is 418. The van der Waals surface area contributed by atoms with Crippen molar-refractivity contribution in [3.05, 3.63) is 0 Å². The summed E-state index contributed by atoms with van der Waals surface area (Å²) in [5.41, 5.74) is 0. The van der Waals surface area contributed by atoms with E-state index in [0.717, 1.165) is 38.5 Å². The third-order valence-electron chi connectivity index (χ3n) is 5.27. The van der Waals surface area contributed by atoms with E-state index in [9.17, 15) is 17.4 Å². The van der Waals surface area contributed by atoms with Crippen molar-refractivity contribution in [3.63, 3.8) is 0 Å². The molecule has 6 heteroatoms. The van der Waals surface area contributed by atoms with Gasteiger partial charge in [-0.3, -0.25) is 4.55 Å². The fourth-order valence-electron chi connectivity index (χ4n) is 3.43. The molecule has 0 saturated heterocycles. The van der Waals surface area contributed by atoms with E-state index in [2.05, 4.69) is 13.8 Å². The molecule has 0 aromatic rings. The van der Waals surface area contributed by atoms with E-state index >= 15 is 0 Å². The van der Waals surface area contributed by atoms with E-state index in [1.165, 1.54) is 51.4 Å². The van der Waals surface area contributed by atoms with Gasteiger partial charge in [0.15, 0.2) is 0 Å². The smallest absolute Gasteiger partial charge is 0.300 e. The molecule has 0 radical (unpaired) electrons. The van der Waals surface area contributed by atoms with Gasteiger partial charge in [-0.1, -0.05) is 104 Å². The number of alkyl halides is 1. The van der Waals surface area contributed by atoms with Crippen LogP contribution < -0.4 is 6.15 Å². The van der Waals surface area contributed by atoms with Gasteiger partial charge in [0.05, 0.1) is 0 Å². The minimum atomic E-state index is -4.64. The van der Waals surface area contributed by atoms with E-state index in [-0.39, 0.29) is 19.0 Å². The summed E-state index contributed by atoms with van der Waals surface area (Å²) in [6.45, 7) is 4.36. The molecule has 0 spiro atoms. The third kappa shape index (κ3) is 15.4. The Morgan fingerprint density at radius 3 is 1.15 bits per heavy atom. The lowest BCUT2D eigenvalue weighted by Crippen LogP contribution is -2.33. The van der Waals surface area contributed by atoms with Crippen LogP contribution in [0.25, 0.3) is 0 Å². The summed E-state index contributed by atoms with van der Waals surface area (Å²) < 4.78 is 47.1. The van der Waals surface area contributed by atoms with Crippen molar-refractivity contribution < 1.29 is 17.4 Å². The number of unbranched alkanes of at least 4 members (excludes halogenated alkanes) is 14. The molecule has 0 bridgehead atoms. The SMILES string of the molecule is CCCCCCCCCCCC(F)(CCCCCCCCC)S(=O)(=O)O.N. The fraction of sp³-hybridized carbons (Fsp3) is 1.00. The molecule has 1 atom stereocenters. The zero-order valence-electron chi connectivity index (χ0n) is 18.0. The van der Waals surface area contributed by atoms with Crippen LogP contribution >= 0.6 is 0 Å². The van der Waals surface area contributed by atoms with Crippen LogP contribution in [-0.4, -0.2) is 18.0 Å². The zero-order valence-corrected chi connectivity index (χ0v) is 18.8. The quantitative estimate of drug-likeness (QED) is 0.168. The molecule has 0 aliphatic carbocycles. The van der Waals surface area contributed by atoms with Crippen LogP contribution in [0, 0.1) is 0 Å². The van der Waals surface area contributed by atoms with E-state index in [1.54, 1.807) is 0 Å². The molecule has 0 saturated carbocycles. The van der Waals surface area contributed by atoms with Crippen LogP contribution in [-0.2, 0) is 10.1 Å². The maximum atomic E-state index is 14.8. The van der Waals surface area contributed by atoms with Gasteiger partial charge in [-0.15, -0.1) is 0 Å². The summed E-state index contributed by atoms with van der Waals surface area (Å²) >= 11 is 0. The molecule has 0 aliphatic heterocycles. The lowest BCUT2D eigenvalue weighted by molar-refractivity contribution is 0.203. The lowest BCUT2D eigenvalue weighted by atomic mass is 10.0. The first kappa shape index (κ1) is 29.0. The van der Waals surface area contributed by atoms with Gasteiger partial charge in [-0.25, -0.2) is 4.39 Å². The molecule has 4 N–H and O–H groups in total. The Morgan fingerprint density at radius 2 is 0.889 bits per heavy atom. The predicted octanol–water partition coefficient (Wildman–Crippen LogP) is 7.76. The molecule has 166 valence electrons. The molecule has 0 aromatic heterocycles. The molecule has 0 heterocycles. The highest BCUT2D eigenvalue weighted by Gasteiger charge is 2.41. The lowest BCUT2D eigenvalue weighted by Gasteiger charge is -2.22. The van der Waals surface area contributed by atoms with Crippen LogP contribution in [0.15, 0.2) is 0 Å². The number of halogens is 1. The highest BCUT2D eigenvalue weighted by atomic mass is 32.2. The van der Waals surface area contributed by atoms with Crippen molar-refractivity contribution in [1.82, 2.24) is 6.15 Å². The van der Waals surface area contributed by atoms with E-state index < -0.39 is 15.1 Å². The zero-order chi connectivity index (χ0) is 19.7. The van der Waals surface area contributed by atoms with Gasteiger partial charge in [0.2, 0.25) is 5.00 Å². The van der Waals surface area contributed by atoms with Gasteiger partial charge >= 0.3 is 0 Å². The normalized spacial score (nSPS) is 13.9. The molecule has 1 unspecified atom stereocenters. The minimum absolute atomic E-state index is 0. The maximum Gasteiger partial charge on any atom is 0.300 e. The molecule has 0 rings (SSSR count). The van der Waals surface area contributed by atoms with Crippen molar-refractivity contribution in [2.24, 2.45) is 0 Å². The summed E-state index contributed by atoms with van der Waals surface area (Å²) in [5.74, 6) is 0. The number of rotatable bonds is 19. The Balaban J connectivity index is 0. The minimum Gasteiger partial charge on any atom is -0.344 e. The Labute approximate surface area is 168 Å². The van der Waals surface area contributed by atoms with Crippen molar-refractivity contribution >= 4 is 10.1 Å². The molecule has 0 aromatic carbocycles. The maximum absolute atomic E-state index is 14.8. The van der Waals surface area contributed by atoms with Crippen LogP contribution in [0.2, 0.25) is 0 Å². The number of hydrogen-bond donors (Lipinski definition) is 2. The van der Waals surface area contributed by atoms with Crippen LogP contribution in [0.4, 0.5) is 4.39 Å². The topological polar surface area (TPSA) is 89.4 Å². The average molecular weight is 412 g/mol. The van der Waals surface area contributed by atoms with Crippen molar-refractivity contribution in [2.45, 2.75) is 134 Å². The molecule has 4 nitrogen and oxygen atoms in total. The first-order valence-electron chi connectivity index (χ1n) is 11.0. The van der Waals surface area contributed by atoms with Gasteiger partial charge in [0.25, 0.3) is 10.1 Å². The highest BCUT2D eigenvalue weighted by Crippen LogP contribution is 2.32. The summed E-state index contributed by atoms with van der Waals surface area (Å²) in [7, 11) is -4.64. The molecule has 0 aliphatic rings. The molecule has 0 amide bonds. The van der Waals surface area contributed by atoms with Crippen molar-refractivity contribution in [2.75, 3.05) is 0 Å². The number of hydrogen-bond acceptors (Lipinski definition) is 3. The molecular weight excluding hydrogens is 365 g/mol. The predicted molar refractivity (Wildman–Crippen MR) is 115 cm³/mol. The highest BCUT2D eigenvalue weighted by molar-refractivity contribution is 7.87. The second kappa shape index (κ2) is 17.9. The monoisotopic (exact) mass is 411 g/mol. The average Bonchev–Trinajstić information content (AvgIpc) is 2.58. The second-order valence-electron chi connectivity index (χ2n) is 7.81. The molecule has 0 fully saturated rings. The van der Waals surface area contributed by atoms with Crippen molar-refractivity contribution in [3.8, 4) is 0 Å². The van der Waals surface area contributed by atoms with Gasteiger partial charge in [-0.05, 0) is 25.7 Å². The summed E-state index contributed by atoms with van der Waals surface area (Å²) in [5, 5.41) is -2.45. The van der Waals surface area contributed by atoms with Crippen LogP contribution in [0.1, 0.15) is 129 Å². The van der Waals surface area contributed by atoms with E-state index in [1.807, 2.05) is 0 Å².